The fourth-order valence-corrected chi connectivity index (χ4v) is 3.85. The number of alkyl carbamates (subject to hydrolysis) is 1. The normalized spacial score (nSPS) is 12.0. The van der Waals surface area contributed by atoms with Crippen LogP contribution in [0.25, 0.3) is 11.1 Å². The maximum Gasteiger partial charge on any atom is 0.407 e. The summed E-state index contributed by atoms with van der Waals surface area (Å²) in [4.78, 5) is 36.2. The molecule has 0 saturated heterocycles. The van der Waals surface area contributed by atoms with Crippen molar-refractivity contribution in [3.63, 3.8) is 0 Å². The van der Waals surface area contributed by atoms with Crippen molar-refractivity contribution in [1.82, 2.24) is 10.2 Å². The van der Waals surface area contributed by atoms with E-state index in [1.807, 2.05) is 31.2 Å². The molecule has 0 saturated carbocycles. The molecule has 2 N–H and O–H groups in total. The van der Waals surface area contributed by atoms with Crippen molar-refractivity contribution < 1.29 is 29.0 Å². The molecule has 2 aromatic rings. The predicted molar refractivity (Wildman–Crippen MR) is 118 cm³/mol. The van der Waals surface area contributed by atoms with Crippen LogP contribution in [0.15, 0.2) is 48.5 Å². The van der Waals surface area contributed by atoms with E-state index in [9.17, 15) is 14.4 Å². The van der Waals surface area contributed by atoms with Crippen LogP contribution in [0.2, 0.25) is 0 Å². The van der Waals surface area contributed by atoms with E-state index in [0.717, 1.165) is 22.3 Å². The van der Waals surface area contributed by atoms with Crippen LogP contribution in [0.4, 0.5) is 4.79 Å². The Morgan fingerprint density at radius 3 is 2.25 bits per heavy atom. The van der Waals surface area contributed by atoms with Gasteiger partial charge < -0.3 is 24.8 Å². The molecule has 0 fully saturated rings. The Labute approximate surface area is 187 Å². The smallest absolute Gasteiger partial charge is 0.407 e. The van der Waals surface area contributed by atoms with Gasteiger partial charge in [0.2, 0.25) is 5.91 Å². The minimum atomic E-state index is -1.07. The van der Waals surface area contributed by atoms with Crippen molar-refractivity contribution >= 4 is 18.0 Å². The van der Waals surface area contributed by atoms with Gasteiger partial charge in [-0.15, -0.1) is 0 Å². The number of amides is 2. The summed E-state index contributed by atoms with van der Waals surface area (Å²) in [5.41, 5.74) is 4.60. The Bertz CT molecular complexity index is 916. The molecule has 0 spiro atoms. The van der Waals surface area contributed by atoms with Gasteiger partial charge in [-0.2, -0.15) is 0 Å². The number of hydrogen-bond donors (Lipinski definition) is 2. The fourth-order valence-electron chi connectivity index (χ4n) is 3.85. The molecular formula is C24H28N2O6. The van der Waals surface area contributed by atoms with Gasteiger partial charge in [0.15, 0.2) is 0 Å². The van der Waals surface area contributed by atoms with Gasteiger partial charge in [-0.25, -0.2) is 4.79 Å². The maximum atomic E-state index is 12.1. The number of aliphatic carboxylic acids is 1. The lowest BCUT2D eigenvalue weighted by atomic mass is 9.98. The second kappa shape index (κ2) is 11.3. The van der Waals surface area contributed by atoms with Crippen LogP contribution in [0, 0.1) is 0 Å². The van der Waals surface area contributed by atoms with Crippen LogP contribution in [0.3, 0.4) is 0 Å². The summed E-state index contributed by atoms with van der Waals surface area (Å²) in [7, 11) is 0. The van der Waals surface area contributed by atoms with E-state index in [2.05, 4.69) is 29.6 Å². The third kappa shape index (κ3) is 5.85. The summed E-state index contributed by atoms with van der Waals surface area (Å²) in [6.07, 6.45) is 0.0998. The van der Waals surface area contributed by atoms with E-state index in [0.29, 0.717) is 13.0 Å². The molecule has 8 heteroatoms. The molecule has 32 heavy (non-hydrogen) atoms. The molecule has 0 heterocycles. The van der Waals surface area contributed by atoms with Gasteiger partial charge in [0.25, 0.3) is 0 Å². The fraction of sp³-hybridized carbons (Fsp3) is 0.375. The number of nitrogens with zero attached hydrogens (tertiary/aromatic N) is 1. The number of fused-ring (bicyclic) bond motifs is 3. The Kier molecular flexibility index (Phi) is 8.21. The summed E-state index contributed by atoms with van der Waals surface area (Å²) in [5.74, 6) is -1.47. The lowest BCUT2D eigenvalue weighted by Crippen LogP contribution is -2.39. The van der Waals surface area contributed by atoms with Gasteiger partial charge in [-0.1, -0.05) is 55.5 Å². The predicted octanol–water partition coefficient (Wildman–Crippen LogP) is 2.86. The van der Waals surface area contributed by atoms with Gasteiger partial charge in [-0.3, -0.25) is 9.59 Å². The molecule has 3 rings (SSSR count). The average molecular weight is 440 g/mol. The molecule has 0 aromatic heterocycles. The van der Waals surface area contributed by atoms with Gasteiger partial charge in [0.1, 0.15) is 19.8 Å². The summed E-state index contributed by atoms with van der Waals surface area (Å²) in [5, 5.41) is 11.5. The van der Waals surface area contributed by atoms with E-state index < -0.39 is 18.0 Å². The molecular weight excluding hydrogens is 412 g/mol. The first kappa shape index (κ1) is 23.3. The number of nitrogens with one attached hydrogen (secondary N) is 1. The molecule has 2 aromatic carbocycles. The molecule has 1 aliphatic carbocycles. The van der Waals surface area contributed by atoms with Crippen LogP contribution < -0.4 is 5.32 Å². The second-order valence-electron chi connectivity index (χ2n) is 7.51. The van der Waals surface area contributed by atoms with E-state index in [4.69, 9.17) is 14.6 Å². The SMILES string of the molecule is CCCN(CC(=O)O)C(=O)COCCNC(=O)OCC1c2ccccc2-c2ccccc21. The third-order valence-corrected chi connectivity index (χ3v) is 5.26. The highest BCUT2D eigenvalue weighted by Crippen LogP contribution is 2.44. The minimum absolute atomic E-state index is 0.0131. The molecule has 8 nitrogen and oxygen atoms in total. The van der Waals surface area contributed by atoms with Crippen molar-refractivity contribution in [2.24, 2.45) is 0 Å². The van der Waals surface area contributed by atoms with Gasteiger partial charge in [0, 0.05) is 19.0 Å². The number of carbonyl (C=O) groups excluding carboxylic acids is 2. The number of hydrogen-bond acceptors (Lipinski definition) is 5. The number of ether oxygens (including phenoxy) is 2. The zero-order valence-corrected chi connectivity index (χ0v) is 18.1. The minimum Gasteiger partial charge on any atom is -0.480 e. The molecule has 0 atom stereocenters. The first-order valence-electron chi connectivity index (χ1n) is 10.7. The molecule has 170 valence electrons. The Morgan fingerprint density at radius 2 is 1.66 bits per heavy atom. The van der Waals surface area contributed by atoms with Crippen LogP contribution in [0.5, 0.6) is 0 Å². The van der Waals surface area contributed by atoms with Crippen molar-refractivity contribution in [3.05, 3.63) is 59.7 Å². The van der Waals surface area contributed by atoms with E-state index >= 15 is 0 Å². The van der Waals surface area contributed by atoms with Crippen molar-refractivity contribution in [2.75, 3.05) is 39.5 Å². The van der Waals surface area contributed by atoms with Crippen LogP contribution in [0.1, 0.15) is 30.4 Å². The largest absolute Gasteiger partial charge is 0.480 e. The summed E-state index contributed by atoms with van der Waals surface area (Å²) >= 11 is 0. The lowest BCUT2D eigenvalue weighted by Gasteiger charge is -2.19. The van der Waals surface area contributed by atoms with Crippen LogP contribution in [-0.2, 0) is 19.1 Å². The lowest BCUT2D eigenvalue weighted by molar-refractivity contribution is -0.146. The van der Waals surface area contributed by atoms with E-state index in [-0.39, 0.29) is 38.8 Å². The molecule has 0 radical (unpaired) electrons. The number of carboxylic acid groups (broad SMARTS) is 1. The highest BCUT2D eigenvalue weighted by molar-refractivity contribution is 5.82. The number of carbonyl (C=O) groups is 3. The Hall–Kier alpha value is -3.39. The first-order chi connectivity index (χ1) is 15.5. The topological polar surface area (TPSA) is 105 Å². The summed E-state index contributed by atoms with van der Waals surface area (Å²) < 4.78 is 10.7. The molecule has 0 aliphatic heterocycles. The van der Waals surface area contributed by atoms with Gasteiger partial charge >= 0.3 is 12.1 Å². The van der Waals surface area contributed by atoms with Crippen molar-refractivity contribution in [1.29, 1.82) is 0 Å². The summed E-state index contributed by atoms with van der Waals surface area (Å²) in [6.45, 7) is 2.14. The highest BCUT2D eigenvalue weighted by atomic mass is 16.5. The zero-order chi connectivity index (χ0) is 22.9. The second-order valence-corrected chi connectivity index (χ2v) is 7.51. The Balaban J connectivity index is 1.40. The van der Waals surface area contributed by atoms with Gasteiger partial charge in [0.05, 0.1) is 6.61 Å². The number of carboxylic acids is 1. The first-order valence-corrected chi connectivity index (χ1v) is 10.7. The average Bonchev–Trinajstić information content (AvgIpc) is 3.10. The number of rotatable bonds is 11. The highest BCUT2D eigenvalue weighted by Gasteiger charge is 2.28. The van der Waals surface area contributed by atoms with E-state index in [1.165, 1.54) is 4.90 Å². The van der Waals surface area contributed by atoms with Gasteiger partial charge in [-0.05, 0) is 28.7 Å². The molecule has 2 amide bonds. The quantitative estimate of drug-likeness (QED) is 0.521. The molecule has 0 unspecified atom stereocenters. The van der Waals surface area contributed by atoms with Crippen LogP contribution in [-0.4, -0.2) is 67.4 Å². The standard InChI is InChI=1S/C24H28N2O6/c1-2-12-26(14-23(28)29)22(27)16-31-13-11-25-24(30)32-15-21-19-9-5-3-7-17(19)18-8-4-6-10-20(18)21/h3-10,21H,2,11-16H2,1H3,(H,25,30)(H,28,29). The zero-order valence-electron chi connectivity index (χ0n) is 18.1. The van der Waals surface area contributed by atoms with E-state index in [1.54, 1.807) is 0 Å². The molecule has 1 aliphatic rings. The molecule has 0 bridgehead atoms. The van der Waals surface area contributed by atoms with Crippen molar-refractivity contribution in [2.45, 2.75) is 19.3 Å². The van der Waals surface area contributed by atoms with Crippen molar-refractivity contribution in [3.8, 4) is 11.1 Å². The number of benzene rings is 2. The Morgan fingerprint density at radius 1 is 1.03 bits per heavy atom. The third-order valence-electron chi connectivity index (χ3n) is 5.26. The van der Waals surface area contributed by atoms with Crippen LogP contribution >= 0.6 is 0 Å². The maximum absolute atomic E-state index is 12.1. The summed E-state index contributed by atoms with van der Waals surface area (Å²) in [6, 6.07) is 16.2. The monoisotopic (exact) mass is 440 g/mol.